The van der Waals surface area contributed by atoms with Gasteiger partial charge in [-0.3, -0.25) is 4.79 Å². The summed E-state index contributed by atoms with van der Waals surface area (Å²) in [5, 5.41) is 5.00. The second kappa shape index (κ2) is 8.52. The van der Waals surface area contributed by atoms with Crippen LogP contribution in [0.2, 0.25) is 0 Å². The van der Waals surface area contributed by atoms with E-state index in [1.54, 1.807) is 35.8 Å². The SMILES string of the molecule is CC(C)(C)C(NC(=O)c1cccc(OCc2cscn2)c1)c1ccc(F)cc1. The van der Waals surface area contributed by atoms with Gasteiger partial charge in [-0.15, -0.1) is 11.3 Å². The Hall–Kier alpha value is -2.73. The van der Waals surface area contributed by atoms with E-state index in [1.165, 1.54) is 23.5 Å². The largest absolute Gasteiger partial charge is 0.487 e. The van der Waals surface area contributed by atoms with Crippen LogP contribution in [-0.2, 0) is 6.61 Å². The summed E-state index contributed by atoms with van der Waals surface area (Å²) in [6.45, 7) is 6.47. The number of ether oxygens (including phenoxy) is 1. The van der Waals surface area contributed by atoms with Crippen molar-refractivity contribution in [2.75, 3.05) is 0 Å². The highest BCUT2D eigenvalue weighted by molar-refractivity contribution is 7.07. The molecule has 4 nitrogen and oxygen atoms in total. The van der Waals surface area contributed by atoms with Gasteiger partial charge in [0.25, 0.3) is 5.91 Å². The van der Waals surface area contributed by atoms with E-state index in [0.29, 0.717) is 17.9 Å². The van der Waals surface area contributed by atoms with Crippen molar-refractivity contribution in [2.24, 2.45) is 5.41 Å². The Bertz CT molecular complexity index is 918. The molecule has 0 saturated heterocycles. The number of aromatic nitrogens is 1. The molecular formula is C22H23FN2O2S. The molecule has 0 saturated carbocycles. The molecule has 0 bridgehead atoms. The van der Waals surface area contributed by atoms with Crippen molar-refractivity contribution in [1.82, 2.24) is 10.3 Å². The Labute approximate surface area is 168 Å². The van der Waals surface area contributed by atoms with Crippen LogP contribution in [0.3, 0.4) is 0 Å². The number of nitrogens with one attached hydrogen (secondary N) is 1. The predicted molar refractivity (Wildman–Crippen MR) is 109 cm³/mol. The molecule has 1 amide bonds. The van der Waals surface area contributed by atoms with E-state index in [0.717, 1.165) is 11.3 Å². The van der Waals surface area contributed by atoms with Gasteiger partial charge in [-0.1, -0.05) is 39.0 Å². The Morgan fingerprint density at radius 3 is 2.61 bits per heavy atom. The van der Waals surface area contributed by atoms with Crippen LogP contribution in [0.15, 0.2) is 59.4 Å². The molecule has 2 aromatic carbocycles. The Morgan fingerprint density at radius 2 is 1.96 bits per heavy atom. The number of thiazole rings is 1. The first kappa shape index (κ1) is 20.0. The summed E-state index contributed by atoms with van der Waals surface area (Å²) in [7, 11) is 0. The van der Waals surface area contributed by atoms with E-state index in [1.807, 2.05) is 32.2 Å². The average Bonchev–Trinajstić information content (AvgIpc) is 3.18. The van der Waals surface area contributed by atoms with Gasteiger partial charge in [0.1, 0.15) is 18.2 Å². The number of hydrogen-bond acceptors (Lipinski definition) is 4. The lowest BCUT2D eigenvalue weighted by atomic mass is 9.82. The highest BCUT2D eigenvalue weighted by Gasteiger charge is 2.28. The van der Waals surface area contributed by atoms with Crippen LogP contribution in [0.1, 0.15) is 48.4 Å². The molecule has 3 aromatic rings. The van der Waals surface area contributed by atoms with E-state index in [2.05, 4.69) is 10.3 Å². The number of carbonyl (C=O) groups excluding carboxylic acids is 1. The zero-order valence-corrected chi connectivity index (χ0v) is 16.9. The average molecular weight is 399 g/mol. The molecule has 0 aliphatic carbocycles. The molecule has 1 heterocycles. The van der Waals surface area contributed by atoms with Gasteiger partial charge in [-0.05, 0) is 41.3 Å². The third-order valence-electron chi connectivity index (χ3n) is 4.31. The van der Waals surface area contributed by atoms with Gasteiger partial charge >= 0.3 is 0 Å². The monoisotopic (exact) mass is 398 g/mol. The van der Waals surface area contributed by atoms with E-state index >= 15 is 0 Å². The summed E-state index contributed by atoms with van der Waals surface area (Å²) in [6, 6.07) is 13.0. The third-order valence-corrected chi connectivity index (χ3v) is 4.95. The molecule has 1 atom stereocenters. The second-order valence-corrected chi connectivity index (χ2v) is 8.34. The third kappa shape index (κ3) is 5.16. The summed E-state index contributed by atoms with van der Waals surface area (Å²) in [5.74, 6) is 0.103. The lowest BCUT2D eigenvalue weighted by Crippen LogP contribution is -2.36. The quantitative estimate of drug-likeness (QED) is 0.607. The lowest BCUT2D eigenvalue weighted by molar-refractivity contribution is 0.0901. The minimum absolute atomic E-state index is 0.205. The maximum Gasteiger partial charge on any atom is 0.251 e. The fourth-order valence-electron chi connectivity index (χ4n) is 2.86. The normalized spacial score (nSPS) is 12.4. The number of carbonyl (C=O) groups is 1. The maximum atomic E-state index is 13.3. The van der Waals surface area contributed by atoms with E-state index in [4.69, 9.17) is 4.74 Å². The molecule has 6 heteroatoms. The van der Waals surface area contributed by atoms with Gasteiger partial charge in [-0.2, -0.15) is 0 Å². The van der Waals surface area contributed by atoms with Crippen molar-refractivity contribution in [3.8, 4) is 5.75 Å². The first-order valence-electron chi connectivity index (χ1n) is 8.99. The zero-order valence-electron chi connectivity index (χ0n) is 16.1. The summed E-state index contributed by atoms with van der Waals surface area (Å²) >= 11 is 1.51. The van der Waals surface area contributed by atoms with Gasteiger partial charge < -0.3 is 10.1 Å². The van der Waals surface area contributed by atoms with Gasteiger partial charge in [0.2, 0.25) is 0 Å². The zero-order chi connectivity index (χ0) is 20.1. The van der Waals surface area contributed by atoms with Crippen molar-refractivity contribution < 1.29 is 13.9 Å². The molecule has 0 aliphatic heterocycles. The molecule has 0 radical (unpaired) electrons. The van der Waals surface area contributed by atoms with Crippen molar-refractivity contribution in [1.29, 1.82) is 0 Å². The summed E-state index contributed by atoms with van der Waals surface area (Å²) in [4.78, 5) is 17.1. The van der Waals surface area contributed by atoms with Crippen LogP contribution >= 0.6 is 11.3 Å². The molecule has 3 rings (SSSR count). The fourth-order valence-corrected chi connectivity index (χ4v) is 3.41. The summed E-state index contributed by atoms with van der Waals surface area (Å²) in [6.07, 6.45) is 0. The molecule has 0 aliphatic rings. The van der Waals surface area contributed by atoms with Gasteiger partial charge in [0.15, 0.2) is 0 Å². The van der Waals surface area contributed by atoms with Crippen LogP contribution in [0.25, 0.3) is 0 Å². The molecule has 1 aromatic heterocycles. The van der Waals surface area contributed by atoms with Crippen LogP contribution < -0.4 is 10.1 Å². The Morgan fingerprint density at radius 1 is 1.21 bits per heavy atom. The van der Waals surface area contributed by atoms with E-state index in [9.17, 15) is 9.18 Å². The number of rotatable bonds is 6. The maximum absolute atomic E-state index is 13.3. The standard InChI is InChI=1S/C22H23FN2O2S/c1-22(2,3)20(15-7-9-17(23)10-8-15)25-21(26)16-5-4-6-19(11-16)27-12-18-13-28-14-24-18/h4-11,13-14,20H,12H2,1-3H3,(H,25,26). The summed E-state index contributed by atoms with van der Waals surface area (Å²) < 4.78 is 19.0. The molecule has 1 unspecified atom stereocenters. The molecule has 0 spiro atoms. The second-order valence-electron chi connectivity index (χ2n) is 7.62. The molecule has 1 N–H and O–H groups in total. The van der Waals surface area contributed by atoms with Gasteiger partial charge in [0, 0.05) is 10.9 Å². The number of hydrogen-bond donors (Lipinski definition) is 1. The van der Waals surface area contributed by atoms with Crippen LogP contribution in [0.4, 0.5) is 4.39 Å². The van der Waals surface area contributed by atoms with Crippen molar-refractivity contribution in [3.05, 3.63) is 82.1 Å². The van der Waals surface area contributed by atoms with Crippen LogP contribution in [0, 0.1) is 11.2 Å². The fraction of sp³-hybridized carbons (Fsp3) is 0.273. The molecule has 146 valence electrons. The van der Waals surface area contributed by atoms with Crippen molar-refractivity contribution in [2.45, 2.75) is 33.4 Å². The molecule has 28 heavy (non-hydrogen) atoms. The lowest BCUT2D eigenvalue weighted by Gasteiger charge is -2.32. The molecule has 0 fully saturated rings. The van der Waals surface area contributed by atoms with Crippen molar-refractivity contribution >= 4 is 17.2 Å². The Kier molecular flexibility index (Phi) is 6.09. The predicted octanol–water partition coefficient (Wildman–Crippen LogP) is 5.38. The van der Waals surface area contributed by atoms with E-state index < -0.39 is 0 Å². The number of amides is 1. The minimum atomic E-state index is -0.298. The van der Waals surface area contributed by atoms with Gasteiger partial charge in [0.05, 0.1) is 17.2 Å². The molecular weight excluding hydrogens is 375 g/mol. The number of benzene rings is 2. The van der Waals surface area contributed by atoms with Gasteiger partial charge in [-0.25, -0.2) is 9.37 Å². The highest BCUT2D eigenvalue weighted by Crippen LogP contribution is 2.33. The smallest absolute Gasteiger partial charge is 0.251 e. The number of halogens is 1. The van der Waals surface area contributed by atoms with E-state index in [-0.39, 0.29) is 23.2 Å². The summed E-state index contributed by atoms with van der Waals surface area (Å²) in [5.41, 5.74) is 3.73. The topological polar surface area (TPSA) is 51.2 Å². The highest BCUT2D eigenvalue weighted by atomic mass is 32.1. The number of nitrogens with zero attached hydrogens (tertiary/aromatic N) is 1. The first-order valence-corrected chi connectivity index (χ1v) is 9.93. The van der Waals surface area contributed by atoms with Crippen LogP contribution in [0.5, 0.6) is 5.75 Å². The van der Waals surface area contributed by atoms with Crippen LogP contribution in [-0.4, -0.2) is 10.9 Å². The Balaban J connectivity index is 1.74. The first-order chi connectivity index (χ1) is 13.3. The minimum Gasteiger partial charge on any atom is -0.487 e. The van der Waals surface area contributed by atoms with Crippen molar-refractivity contribution in [3.63, 3.8) is 0 Å².